The Balaban J connectivity index is 1.87. The monoisotopic (exact) mass is 338 g/mol. The molecule has 122 valence electrons. The molecule has 0 saturated carbocycles. The van der Waals surface area contributed by atoms with Crippen LogP contribution in [0, 0.1) is 5.82 Å². The van der Waals surface area contributed by atoms with Gasteiger partial charge in [-0.1, -0.05) is 23.7 Å². The maximum Gasteiger partial charge on any atom is 0.319 e. The summed E-state index contributed by atoms with van der Waals surface area (Å²) in [4.78, 5) is 11.8. The number of aliphatic hydroxyl groups excluding tert-OH is 1. The van der Waals surface area contributed by atoms with Crippen LogP contribution in [0.25, 0.3) is 0 Å². The molecule has 0 aliphatic rings. The van der Waals surface area contributed by atoms with Crippen LogP contribution in [0.4, 0.5) is 14.9 Å². The Kier molecular flexibility index (Phi) is 5.78. The van der Waals surface area contributed by atoms with Crippen molar-refractivity contribution in [3.63, 3.8) is 0 Å². The number of hydrogen-bond acceptors (Lipinski definition) is 3. The van der Waals surface area contributed by atoms with E-state index in [1.165, 1.54) is 12.1 Å². The van der Waals surface area contributed by atoms with E-state index in [4.69, 9.17) is 16.3 Å². The van der Waals surface area contributed by atoms with Gasteiger partial charge in [0.1, 0.15) is 11.6 Å². The molecule has 5 nitrogen and oxygen atoms in total. The second kappa shape index (κ2) is 7.80. The van der Waals surface area contributed by atoms with Crippen LogP contribution in [-0.4, -0.2) is 24.8 Å². The summed E-state index contributed by atoms with van der Waals surface area (Å²) >= 11 is 5.82. The molecule has 0 radical (unpaired) electrons. The van der Waals surface area contributed by atoms with Crippen LogP contribution in [0.2, 0.25) is 5.02 Å². The minimum Gasteiger partial charge on any atom is -0.497 e. The number of methoxy groups -OCH3 is 1. The predicted molar refractivity (Wildman–Crippen MR) is 86.4 cm³/mol. The van der Waals surface area contributed by atoms with E-state index in [-0.39, 0.29) is 17.3 Å². The maximum atomic E-state index is 12.9. The molecule has 2 aromatic carbocycles. The van der Waals surface area contributed by atoms with Gasteiger partial charge in [0.2, 0.25) is 0 Å². The smallest absolute Gasteiger partial charge is 0.319 e. The minimum absolute atomic E-state index is 0.0109. The average Bonchev–Trinajstić information content (AvgIpc) is 2.55. The number of carbonyl (C=O) groups excluding carboxylic acids is 1. The summed E-state index contributed by atoms with van der Waals surface area (Å²) in [7, 11) is 1.55. The van der Waals surface area contributed by atoms with Crippen LogP contribution in [0.1, 0.15) is 11.7 Å². The fourth-order valence-electron chi connectivity index (χ4n) is 1.89. The Morgan fingerprint density at radius 2 is 2.00 bits per heavy atom. The Bertz CT molecular complexity index is 680. The molecule has 0 fully saturated rings. The number of anilines is 1. The molecule has 1 unspecified atom stereocenters. The molecule has 0 saturated heterocycles. The number of aliphatic hydroxyl groups is 1. The van der Waals surface area contributed by atoms with Crippen molar-refractivity contribution in [3.05, 3.63) is 58.9 Å². The lowest BCUT2D eigenvalue weighted by Crippen LogP contribution is -2.32. The number of carbonyl (C=O) groups is 1. The molecular formula is C16H16ClFN2O3. The van der Waals surface area contributed by atoms with Gasteiger partial charge in [-0.25, -0.2) is 9.18 Å². The molecule has 2 amide bonds. The van der Waals surface area contributed by atoms with Gasteiger partial charge in [0.05, 0.1) is 23.9 Å². The van der Waals surface area contributed by atoms with Gasteiger partial charge in [-0.05, 0) is 35.9 Å². The largest absolute Gasteiger partial charge is 0.497 e. The van der Waals surface area contributed by atoms with Crippen molar-refractivity contribution in [2.24, 2.45) is 0 Å². The van der Waals surface area contributed by atoms with Crippen LogP contribution >= 0.6 is 11.6 Å². The van der Waals surface area contributed by atoms with E-state index < -0.39 is 18.0 Å². The first-order valence-corrected chi connectivity index (χ1v) is 7.19. The van der Waals surface area contributed by atoms with E-state index in [9.17, 15) is 14.3 Å². The Morgan fingerprint density at radius 1 is 1.30 bits per heavy atom. The molecule has 23 heavy (non-hydrogen) atoms. The summed E-state index contributed by atoms with van der Waals surface area (Å²) in [5, 5.41) is 15.1. The lowest BCUT2D eigenvalue weighted by molar-refractivity contribution is 0.175. The summed E-state index contributed by atoms with van der Waals surface area (Å²) in [6.45, 7) is 0.0109. The van der Waals surface area contributed by atoms with Crippen molar-refractivity contribution < 1.29 is 19.0 Å². The van der Waals surface area contributed by atoms with E-state index in [1.54, 1.807) is 31.4 Å². The normalized spacial score (nSPS) is 11.7. The number of amides is 2. The van der Waals surface area contributed by atoms with Crippen LogP contribution < -0.4 is 15.4 Å². The van der Waals surface area contributed by atoms with Crippen molar-refractivity contribution >= 4 is 23.3 Å². The summed E-state index contributed by atoms with van der Waals surface area (Å²) < 4.78 is 18.0. The molecule has 0 aliphatic heterocycles. The third-order valence-corrected chi connectivity index (χ3v) is 3.45. The van der Waals surface area contributed by atoms with E-state index in [0.29, 0.717) is 11.3 Å². The number of ether oxygens (including phenoxy) is 1. The van der Waals surface area contributed by atoms with E-state index in [0.717, 1.165) is 6.07 Å². The molecule has 2 rings (SSSR count). The third kappa shape index (κ3) is 4.84. The molecule has 0 aliphatic carbocycles. The van der Waals surface area contributed by atoms with Crippen molar-refractivity contribution in [1.82, 2.24) is 5.32 Å². The molecule has 0 spiro atoms. The zero-order valence-electron chi connectivity index (χ0n) is 12.3. The third-order valence-electron chi connectivity index (χ3n) is 3.14. The van der Waals surface area contributed by atoms with Crippen molar-refractivity contribution in [3.8, 4) is 5.75 Å². The number of nitrogens with one attached hydrogen (secondary N) is 2. The number of halogens is 2. The molecule has 0 aromatic heterocycles. The van der Waals surface area contributed by atoms with Gasteiger partial charge in [0, 0.05) is 6.54 Å². The fraction of sp³-hybridized carbons (Fsp3) is 0.188. The highest BCUT2D eigenvalue weighted by atomic mass is 35.5. The quantitative estimate of drug-likeness (QED) is 0.783. The van der Waals surface area contributed by atoms with Crippen LogP contribution in [0.15, 0.2) is 42.5 Å². The zero-order valence-corrected chi connectivity index (χ0v) is 13.1. The fourth-order valence-corrected chi connectivity index (χ4v) is 2.11. The standard InChI is InChI=1S/C16H16ClFN2O3/c1-23-12-5-2-10(3-6-12)15(21)9-19-16(22)20-14-7-4-11(18)8-13(14)17/h2-8,15,21H,9H2,1H3,(H2,19,20,22). The summed E-state index contributed by atoms with van der Waals surface area (Å²) in [5.74, 6) is 0.188. The van der Waals surface area contributed by atoms with E-state index >= 15 is 0 Å². The number of urea groups is 1. The summed E-state index contributed by atoms with van der Waals surface area (Å²) in [6.07, 6.45) is -0.865. The van der Waals surface area contributed by atoms with Crippen LogP contribution in [0.5, 0.6) is 5.75 Å². The van der Waals surface area contributed by atoms with E-state index in [2.05, 4.69) is 10.6 Å². The Morgan fingerprint density at radius 3 is 2.61 bits per heavy atom. The number of rotatable bonds is 5. The molecule has 2 aromatic rings. The van der Waals surface area contributed by atoms with Crippen molar-refractivity contribution in [1.29, 1.82) is 0 Å². The van der Waals surface area contributed by atoms with Gasteiger partial charge in [0.25, 0.3) is 0 Å². The van der Waals surface area contributed by atoms with Crippen molar-refractivity contribution in [2.45, 2.75) is 6.10 Å². The molecule has 3 N–H and O–H groups in total. The first-order valence-electron chi connectivity index (χ1n) is 6.81. The predicted octanol–water partition coefficient (Wildman–Crippen LogP) is 3.34. The topological polar surface area (TPSA) is 70.6 Å². The summed E-state index contributed by atoms with van der Waals surface area (Å²) in [6, 6.07) is 9.95. The van der Waals surface area contributed by atoms with Gasteiger partial charge in [-0.15, -0.1) is 0 Å². The number of hydrogen-bond donors (Lipinski definition) is 3. The van der Waals surface area contributed by atoms with Crippen LogP contribution in [0.3, 0.4) is 0 Å². The zero-order chi connectivity index (χ0) is 16.8. The molecule has 7 heteroatoms. The minimum atomic E-state index is -0.865. The first-order chi connectivity index (χ1) is 11.0. The van der Waals surface area contributed by atoms with Gasteiger partial charge >= 0.3 is 6.03 Å². The second-order valence-corrected chi connectivity index (χ2v) is 5.16. The van der Waals surface area contributed by atoms with E-state index in [1.807, 2.05) is 0 Å². The van der Waals surface area contributed by atoms with Crippen molar-refractivity contribution in [2.75, 3.05) is 19.0 Å². The van der Waals surface area contributed by atoms with Gasteiger partial charge in [0.15, 0.2) is 0 Å². The highest BCUT2D eigenvalue weighted by Crippen LogP contribution is 2.22. The molecule has 0 bridgehead atoms. The average molecular weight is 339 g/mol. The maximum absolute atomic E-state index is 12.9. The SMILES string of the molecule is COc1ccc(C(O)CNC(=O)Nc2ccc(F)cc2Cl)cc1. The van der Waals surface area contributed by atoms with Gasteiger partial charge < -0.3 is 20.5 Å². The highest BCUT2D eigenvalue weighted by molar-refractivity contribution is 6.33. The molecule has 0 heterocycles. The Labute approximate surface area is 138 Å². The Hall–Kier alpha value is -2.31. The lowest BCUT2D eigenvalue weighted by Gasteiger charge is -2.14. The van der Waals surface area contributed by atoms with Crippen LogP contribution in [-0.2, 0) is 0 Å². The van der Waals surface area contributed by atoms with Gasteiger partial charge in [-0.3, -0.25) is 0 Å². The highest BCUT2D eigenvalue weighted by Gasteiger charge is 2.11. The second-order valence-electron chi connectivity index (χ2n) is 4.75. The molecule has 1 atom stereocenters. The first kappa shape index (κ1) is 17.1. The molecular weight excluding hydrogens is 323 g/mol. The number of benzene rings is 2. The summed E-state index contributed by atoms with van der Waals surface area (Å²) in [5.41, 5.74) is 0.926. The van der Waals surface area contributed by atoms with Gasteiger partial charge in [-0.2, -0.15) is 0 Å². The lowest BCUT2D eigenvalue weighted by atomic mass is 10.1.